The maximum absolute atomic E-state index is 6.29. The van der Waals surface area contributed by atoms with Gasteiger partial charge in [-0.15, -0.1) is 0 Å². The van der Waals surface area contributed by atoms with E-state index in [4.69, 9.17) is 9.47 Å². The molecule has 17 heavy (non-hydrogen) atoms. The van der Waals surface area contributed by atoms with Crippen LogP contribution in [0.1, 0.15) is 51.4 Å². The second-order valence-electron chi connectivity index (χ2n) is 5.55. The fraction of sp³-hybridized carbons (Fsp3) is 1.00. The van der Waals surface area contributed by atoms with Gasteiger partial charge in [-0.05, 0) is 45.1 Å². The number of hydrogen-bond donors (Lipinski definition) is 1. The Morgan fingerprint density at radius 2 is 2.06 bits per heavy atom. The third-order valence-electron chi connectivity index (χ3n) is 4.22. The lowest BCUT2D eigenvalue weighted by Gasteiger charge is -2.23. The number of rotatable bonds is 7. The summed E-state index contributed by atoms with van der Waals surface area (Å²) in [7, 11) is 1.75. The highest BCUT2D eigenvalue weighted by Gasteiger charge is 2.41. The van der Waals surface area contributed by atoms with E-state index < -0.39 is 0 Å². The molecule has 2 rings (SSSR count). The Bertz CT molecular complexity index is 214. The van der Waals surface area contributed by atoms with Crippen LogP contribution in [0.2, 0.25) is 0 Å². The predicted octanol–water partition coefficient (Wildman–Crippen LogP) is 2.49. The van der Waals surface area contributed by atoms with Crippen molar-refractivity contribution in [2.24, 2.45) is 0 Å². The van der Waals surface area contributed by atoms with Gasteiger partial charge >= 0.3 is 0 Å². The topological polar surface area (TPSA) is 30.5 Å². The highest BCUT2D eigenvalue weighted by Crippen LogP contribution is 2.44. The van der Waals surface area contributed by atoms with Crippen molar-refractivity contribution in [2.75, 3.05) is 26.8 Å². The molecule has 3 nitrogen and oxygen atoms in total. The molecule has 2 aliphatic rings. The van der Waals surface area contributed by atoms with Crippen molar-refractivity contribution in [1.29, 1.82) is 0 Å². The fourth-order valence-corrected chi connectivity index (χ4v) is 3.24. The summed E-state index contributed by atoms with van der Waals surface area (Å²) in [5, 5.41) is 3.39. The summed E-state index contributed by atoms with van der Waals surface area (Å²) in [6.07, 6.45) is 11.0. The molecule has 1 atom stereocenters. The van der Waals surface area contributed by atoms with E-state index in [9.17, 15) is 0 Å². The first-order valence-electron chi connectivity index (χ1n) is 7.22. The molecule has 1 spiro atoms. The normalized spacial score (nSPS) is 27.0. The first-order chi connectivity index (χ1) is 8.35. The zero-order valence-corrected chi connectivity index (χ0v) is 11.2. The average molecular weight is 241 g/mol. The van der Waals surface area contributed by atoms with E-state index in [0.717, 1.165) is 19.7 Å². The maximum Gasteiger partial charge on any atom is 0.0687 e. The molecule has 0 bridgehead atoms. The van der Waals surface area contributed by atoms with Gasteiger partial charge in [0.2, 0.25) is 0 Å². The molecule has 1 unspecified atom stereocenters. The van der Waals surface area contributed by atoms with E-state index >= 15 is 0 Å². The Balaban J connectivity index is 1.52. The number of hydrogen-bond acceptors (Lipinski definition) is 3. The first kappa shape index (κ1) is 13.3. The minimum atomic E-state index is 0.314. The Hall–Kier alpha value is -0.120. The summed E-state index contributed by atoms with van der Waals surface area (Å²) in [5.41, 5.74) is 0.314. The largest absolute Gasteiger partial charge is 0.383 e. The lowest BCUT2D eigenvalue weighted by molar-refractivity contribution is -0.0393. The second-order valence-corrected chi connectivity index (χ2v) is 5.55. The van der Waals surface area contributed by atoms with Crippen molar-refractivity contribution >= 4 is 0 Å². The van der Waals surface area contributed by atoms with Crippen LogP contribution in [0.5, 0.6) is 0 Å². The van der Waals surface area contributed by atoms with Crippen LogP contribution in [0.15, 0.2) is 0 Å². The van der Waals surface area contributed by atoms with Crippen molar-refractivity contribution in [1.82, 2.24) is 5.32 Å². The molecule has 100 valence electrons. The van der Waals surface area contributed by atoms with Gasteiger partial charge in [-0.1, -0.05) is 12.8 Å². The van der Waals surface area contributed by atoms with Crippen LogP contribution in [0.3, 0.4) is 0 Å². The molecule has 1 saturated carbocycles. The van der Waals surface area contributed by atoms with Gasteiger partial charge in [-0.2, -0.15) is 0 Å². The lowest BCUT2D eigenvalue weighted by atomic mass is 9.98. The molecular formula is C14H27NO2. The predicted molar refractivity (Wildman–Crippen MR) is 69.3 cm³/mol. The van der Waals surface area contributed by atoms with E-state index in [0.29, 0.717) is 11.7 Å². The monoisotopic (exact) mass is 241 g/mol. The Labute approximate surface area is 105 Å². The van der Waals surface area contributed by atoms with Crippen LogP contribution in [0.4, 0.5) is 0 Å². The minimum Gasteiger partial charge on any atom is -0.383 e. The zero-order valence-electron chi connectivity index (χ0n) is 11.2. The summed E-state index contributed by atoms with van der Waals surface area (Å²) >= 11 is 0. The third kappa shape index (κ3) is 3.94. The molecule has 1 heterocycles. The minimum absolute atomic E-state index is 0.314. The van der Waals surface area contributed by atoms with Gasteiger partial charge in [0.15, 0.2) is 0 Å². The van der Waals surface area contributed by atoms with Crippen LogP contribution in [-0.4, -0.2) is 38.5 Å². The van der Waals surface area contributed by atoms with Crippen LogP contribution < -0.4 is 5.32 Å². The highest BCUT2D eigenvalue weighted by molar-refractivity contribution is 4.92. The van der Waals surface area contributed by atoms with E-state index in [-0.39, 0.29) is 0 Å². The van der Waals surface area contributed by atoms with Crippen LogP contribution in [0.25, 0.3) is 0 Å². The molecule has 0 aromatic carbocycles. The number of ether oxygens (including phenoxy) is 2. The third-order valence-corrected chi connectivity index (χ3v) is 4.22. The SMILES string of the molecule is COCCNCCCC1CCC2(CCCC2)O1. The standard InChI is InChI=1S/C14H27NO2/c1-16-12-11-15-10-4-5-13-6-9-14(17-13)7-2-3-8-14/h13,15H,2-12H2,1H3. The summed E-state index contributed by atoms with van der Waals surface area (Å²) in [6, 6.07) is 0. The Kier molecular flexibility index (Phi) is 5.26. The summed E-state index contributed by atoms with van der Waals surface area (Å²) in [5.74, 6) is 0. The molecular weight excluding hydrogens is 214 g/mol. The van der Waals surface area contributed by atoms with Gasteiger partial charge < -0.3 is 14.8 Å². The van der Waals surface area contributed by atoms with Crippen LogP contribution in [-0.2, 0) is 9.47 Å². The molecule has 1 N–H and O–H groups in total. The van der Waals surface area contributed by atoms with Crippen molar-refractivity contribution < 1.29 is 9.47 Å². The fourth-order valence-electron chi connectivity index (χ4n) is 3.24. The van der Waals surface area contributed by atoms with Gasteiger partial charge in [0.1, 0.15) is 0 Å². The van der Waals surface area contributed by atoms with E-state index in [2.05, 4.69) is 5.32 Å². The first-order valence-corrected chi connectivity index (χ1v) is 7.22. The molecule has 1 aliphatic heterocycles. The van der Waals surface area contributed by atoms with E-state index in [1.54, 1.807) is 7.11 Å². The molecule has 0 amide bonds. The number of nitrogens with one attached hydrogen (secondary N) is 1. The summed E-state index contributed by atoms with van der Waals surface area (Å²) in [6.45, 7) is 2.87. The van der Waals surface area contributed by atoms with Crippen LogP contribution >= 0.6 is 0 Å². The van der Waals surface area contributed by atoms with Crippen molar-refractivity contribution in [3.05, 3.63) is 0 Å². The van der Waals surface area contributed by atoms with Gasteiger partial charge in [0, 0.05) is 13.7 Å². The van der Waals surface area contributed by atoms with Crippen molar-refractivity contribution in [2.45, 2.75) is 63.1 Å². The summed E-state index contributed by atoms with van der Waals surface area (Å²) in [4.78, 5) is 0. The molecule has 0 radical (unpaired) electrons. The van der Waals surface area contributed by atoms with Crippen molar-refractivity contribution in [3.63, 3.8) is 0 Å². The lowest BCUT2D eigenvalue weighted by Crippen LogP contribution is -2.25. The zero-order chi connectivity index (χ0) is 12.0. The Morgan fingerprint density at radius 1 is 1.24 bits per heavy atom. The smallest absolute Gasteiger partial charge is 0.0687 e. The second kappa shape index (κ2) is 6.72. The van der Waals surface area contributed by atoms with Gasteiger partial charge in [0.05, 0.1) is 18.3 Å². The van der Waals surface area contributed by atoms with Crippen LogP contribution in [0, 0.1) is 0 Å². The maximum atomic E-state index is 6.29. The quantitative estimate of drug-likeness (QED) is 0.695. The molecule has 0 aromatic rings. The molecule has 2 fully saturated rings. The van der Waals surface area contributed by atoms with Gasteiger partial charge in [0.25, 0.3) is 0 Å². The highest BCUT2D eigenvalue weighted by atomic mass is 16.5. The molecule has 3 heteroatoms. The number of methoxy groups -OCH3 is 1. The van der Waals surface area contributed by atoms with Crippen molar-refractivity contribution in [3.8, 4) is 0 Å². The molecule has 0 aromatic heterocycles. The Morgan fingerprint density at radius 3 is 2.82 bits per heavy atom. The molecule has 1 aliphatic carbocycles. The average Bonchev–Trinajstić information content (AvgIpc) is 2.95. The van der Waals surface area contributed by atoms with Gasteiger partial charge in [-0.25, -0.2) is 0 Å². The van der Waals surface area contributed by atoms with E-state index in [1.165, 1.54) is 51.4 Å². The van der Waals surface area contributed by atoms with E-state index in [1.807, 2.05) is 0 Å². The van der Waals surface area contributed by atoms with Gasteiger partial charge in [-0.3, -0.25) is 0 Å². The molecule has 1 saturated heterocycles. The summed E-state index contributed by atoms with van der Waals surface area (Å²) < 4.78 is 11.3.